The van der Waals surface area contributed by atoms with E-state index in [9.17, 15) is 4.79 Å². The number of morpholine rings is 1. The van der Waals surface area contributed by atoms with Crippen molar-refractivity contribution in [2.24, 2.45) is 22.6 Å². The van der Waals surface area contributed by atoms with Gasteiger partial charge in [-0.25, -0.2) is 4.39 Å². The standard InChI is InChI=1S/C28H26FN5O3S/c1-16-23-27(33-25(31)38-28(16,23)24(35)34-6-7-37-26(13-34)14-36-15-26)10-19-4-2-17(8-20(19)27)9-21(29)22-5-3-18(11-30)12-32-22/h2-5,8-9,12,16,23H,6-7,10,13-15H2,1H3,(H2,31,33)/b21-9-/t16-,23?,27+,28-/m0/s1. The molecule has 1 unspecified atom stereocenters. The number of fused-ring (bicyclic) bond motifs is 4. The van der Waals surface area contributed by atoms with Gasteiger partial charge in [0.05, 0.1) is 43.2 Å². The van der Waals surface area contributed by atoms with Crippen molar-refractivity contribution in [3.05, 3.63) is 64.5 Å². The number of pyridine rings is 1. The minimum Gasteiger partial charge on any atom is -0.378 e. The Morgan fingerprint density at radius 2 is 2.18 bits per heavy atom. The SMILES string of the molecule is C[C@H]1C2[C@@]1(C(=O)N1CCOC3(COC3)C1)SC(N)=N[C@@]21Cc2ccc(/C=C(\F)c3ccc(C#N)cn3)cc21. The van der Waals surface area contributed by atoms with Crippen LogP contribution in [0.15, 0.2) is 41.5 Å². The van der Waals surface area contributed by atoms with Crippen molar-refractivity contribution in [2.75, 3.05) is 32.9 Å². The van der Waals surface area contributed by atoms with Crippen LogP contribution in [0.5, 0.6) is 0 Å². The van der Waals surface area contributed by atoms with Crippen molar-refractivity contribution >= 4 is 34.7 Å². The number of rotatable bonds is 3. The van der Waals surface area contributed by atoms with Crippen molar-refractivity contribution < 1.29 is 18.7 Å². The summed E-state index contributed by atoms with van der Waals surface area (Å²) in [6.45, 7) is 4.74. The van der Waals surface area contributed by atoms with Crippen LogP contribution in [0.1, 0.15) is 34.9 Å². The van der Waals surface area contributed by atoms with Crippen LogP contribution in [0.2, 0.25) is 0 Å². The zero-order valence-electron chi connectivity index (χ0n) is 20.8. The first-order valence-electron chi connectivity index (χ1n) is 12.7. The number of benzene rings is 1. The Hall–Kier alpha value is -3.26. The highest BCUT2D eigenvalue weighted by Crippen LogP contribution is 2.73. The number of halogens is 1. The molecule has 1 aromatic heterocycles. The minimum absolute atomic E-state index is 0.00741. The lowest BCUT2D eigenvalue weighted by Crippen LogP contribution is -2.65. The predicted octanol–water partition coefficient (Wildman–Crippen LogP) is 2.87. The highest BCUT2D eigenvalue weighted by Gasteiger charge is 2.79. The summed E-state index contributed by atoms with van der Waals surface area (Å²) >= 11 is 1.40. The largest absolute Gasteiger partial charge is 0.378 e. The smallest absolute Gasteiger partial charge is 0.240 e. The zero-order chi connectivity index (χ0) is 26.3. The number of nitrogens with zero attached hydrogens (tertiary/aromatic N) is 4. The van der Waals surface area contributed by atoms with Gasteiger partial charge in [0.1, 0.15) is 22.2 Å². The van der Waals surface area contributed by atoms with Gasteiger partial charge in [-0.15, -0.1) is 0 Å². The van der Waals surface area contributed by atoms with E-state index in [0.29, 0.717) is 55.6 Å². The molecule has 4 heterocycles. The molecule has 10 heteroatoms. The molecule has 8 nitrogen and oxygen atoms in total. The molecule has 3 aliphatic heterocycles. The van der Waals surface area contributed by atoms with Crippen LogP contribution in [0.4, 0.5) is 4.39 Å². The molecule has 1 saturated carbocycles. The maximum atomic E-state index is 15.0. The van der Waals surface area contributed by atoms with Gasteiger partial charge in [-0.1, -0.05) is 30.8 Å². The molecule has 0 radical (unpaired) electrons. The van der Waals surface area contributed by atoms with Gasteiger partial charge in [0.15, 0.2) is 5.17 Å². The second-order valence-corrected chi connectivity index (χ2v) is 12.2. The van der Waals surface area contributed by atoms with Gasteiger partial charge in [0.2, 0.25) is 5.91 Å². The molecule has 4 atom stereocenters. The Balaban J connectivity index is 1.19. The number of amides is 1. The molecule has 194 valence electrons. The van der Waals surface area contributed by atoms with Gasteiger partial charge in [0, 0.05) is 25.1 Å². The fourth-order valence-corrected chi connectivity index (χ4v) is 8.33. The quantitative estimate of drug-likeness (QED) is 0.648. The van der Waals surface area contributed by atoms with E-state index in [1.54, 1.807) is 6.07 Å². The molecule has 1 aromatic carbocycles. The Kier molecular flexibility index (Phi) is 5.09. The summed E-state index contributed by atoms with van der Waals surface area (Å²) in [5.74, 6) is -0.286. The zero-order valence-corrected chi connectivity index (χ0v) is 21.6. The van der Waals surface area contributed by atoms with Crippen LogP contribution < -0.4 is 5.73 Å². The van der Waals surface area contributed by atoms with E-state index in [1.807, 2.05) is 29.2 Å². The molecule has 38 heavy (non-hydrogen) atoms. The second kappa shape index (κ2) is 8.12. The molecule has 7 rings (SSSR count). The molecule has 2 spiro atoms. The number of thioether (sulfide) groups is 1. The number of aliphatic imine (C=N–C) groups is 1. The summed E-state index contributed by atoms with van der Waals surface area (Å²) < 4.78 is 25.7. The summed E-state index contributed by atoms with van der Waals surface area (Å²) in [4.78, 5) is 25.0. The first kappa shape index (κ1) is 23.8. The second-order valence-electron chi connectivity index (χ2n) is 10.9. The number of hydrogen-bond donors (Lipinski definition) is 1. The first-order valence-corrected chi connectivity index (χ1v) is 13.5. The number of nitriles is 1. The molecule has 3 fully saturated rings. The molecule has 2 aliphatic carbocycles. The van der Waals surface area contributed by atoms with Crippen LogP contribution in [-0.2, 0) is 26.2 Å². The normalized spacial score (nSPS) is 32.4. The topological polar surface area (TPSA) is 114 Å². The van der Waals surface area contributed by atoms with Crippen LogP contribution in [-0.4, -0.2) is 64.2 Å². The van der Waals surface area contributed by atoms with Crippen LogP contribution >= 0.6 is 11.8 Å². The summed E-state index contributed by atoms with van der Waals surface area (Å²) in [5.41, 5.74) is 8.81. The molecular formula is C28H26FN5O3S. The van der Waals surface area contributed by atoms with E-state index in [-0.39, 0.29) is 29.0 Å². The Morgan fingerprint density at radius 1 is 1.34 bits per heavy atom. The summed E-state index contributed by atoms with van der Waals surface area (Å²) in [6, 6.07) is 10.9. The fourth-order valence-electron chi connectivity index (χ4n) is 6.78. The Labute approximate surface area is 223 Å². The molecular weight excluding hydrogens is 505 g/mol. The van der Waals surface area contributed by atoms with Crippen molar-refractivity contribution in [2.45, 2.75) is 29.2 Å². The number of carbonyl (C=O) groups excluding carboxylic acids is 1. The van der Waals surface area contributed by atoms with Gasteiger partial charge in [-0.2, -0.15) is 5.26 Å². The highest BCUT2D eigenvalue weighted by atomic mass is 32.2. The molecule has 2 aromatic rings. The van der Waals surface area contributed by atoms with E-state index in [0.717, 1.165) is 11.1 Å². The van der Waals surface area contributed by atoms with Crippen LogP contribution in [0.25, 0.3) is 11.9 Å². The number of amidine groups is 1. The summed E-state index contributed by atoms with van der Waals surface area (Å²) in [5, 5.41) is 9.38. The van der Waals surface area contributed by atoms with Gasteiger partial charge in [-0.05, 0) is 46.9 Å². The van der Waals surface area contributed by atoms with Crippen molar-refractivity contribution in [3.8, 4) is 6.07 Å². The monoisotopic (exact) mass is 531 g/mol. The highest BCUT2D eigenvalue weighted by molar-refractivity contribution is 8.15. The third-order valence-electron chi connectivity index (χ3n) is 8.72. The lowest BCUT2D eigenvalue weighted by atomic mass is 9.66. The third-order valence-corrected chi connectivity index (χ3v) is 10.2. The molecule has 2 N–H and O–H groups in total. The van der Waals surface area contributed by atoms with Crippen molar-refractivity contribution in [1.82, 2.24) is 9.88 Å². The number of hydrogen-bond acceptors (Lipinski definition) is 8. The first-order chi connectivity index (χ1) is 18.3. The van der Waals surface area contributed by atoms with Gasteiger partial charge in [-0.3, -0.25) is 14.8 Å². The van der Waals surface area contributed by atoms with E-state index in [1.165, 1.54) is 30.1 Å². The van der Waals surface area contributed by atoms with E-state index >= 15 is 4.39 Å². The fraction of sp³-hybridized carbons (Fsp3) is 0.429. The van der Waals surface area contributed by atoms with Gasteiger partial charge >= 0.3 is 0 Å². The number of aromatic nitrogens is 1. The van der Waals surface area contributed by atoms with Crippen molar-refractivity contribution in [1.29, 1.82) is 5.26 Å². The molecule has 0 bridgehead atoms. The van der Waals surface area contributed by atoms with Crippen molar-refractivity contribution in [3.63, 3.8) is 0 Å². The molecule has 5 aliphatic rings. The predicted molar refractivity (Wildman–Crippen MR) is 140 cm³/mol. The number of nitrogens with two attached hydrogens (primary N) is 1. The minimum atomic E-state index is -0.657. The van der Waals surface area contributed by atoms with Gasteiger partial charge < -0.3 is 20.1 Å². The third kappa shape index (κ3) is 3.25. The average Bonchev–Trinajstić information content (AvgIpc) is 3.52. The summed E-state index contributed by atoms with van der Waals surface area (Å²) in [6.07, 6.45) is 3.50. The van der Waals surface area contributed by atoms with E-state index in [4.69, 9.17) is 25.5 Å². The Bertz CT molecular complexity index is 1470. The number of ether oxygens (including phenoxy) is 2. The maximum Gasteiger partial charge on any atom is 0.240 e. The average molecular weight is 532 g/mol. The molecule has 2 saturated heterocycles. The lowest BCUT2D eigenvalue weighted by Gasteiger charge is -2.49. The van der Waals surface area contributed by atoms with Gasteiger partial charge in [0.25, 0.3) is 0 Å². The van der Waals surface area contributed by atoms with Crippen LogP contribution in [0.3, 0.4) is 0 Å². The van der Waals surface area contributed by atoms with Crippen LogP contribution in [0, 0.1) is 23.2 Å². The lowest BCUT2D eigenvalue weighted by molar-refractivity contribution is -0.236. The van der Waals surface area contributed by atoms with E-state index in [2.05, 4.69) is 11.9 Å². The van der Waals surface area contributed by atoms with E-state index < -0.39 is 16.1 Å². The summed E-state index contributed by atoms with van der Waals surface area (Å²) in [7, 11) is 0. The molecule has 1 amide bonds. The Morgan fingerprint density at radius 3 is 2.89 bits per heavy atom. The maximum absolute atomic E-state index is 15.0. The number of carbonyl (C=O) groups is 1.